The Kier molecular flexibility index (Phi) is 5.79. The number of aliphatic hydroxyl groups is 1. The molecule has 0 aromatic heterocycles. The van der Waals surface area contributed by atoms with Crippen LogP contribution in [0.1, 0.15) is 36.0 Å². The first-order valence-corrected chi connectivity index (χ1v) is 8.07. The number of hydrogen-bond acceptors (Lipinski definition) is 4. The largest absolute Gasteiger partial charge is 0.496 e. The topological polar surface area (TPSA) is 49.8 Å². The molecule has 116 valence electrons. The van der Waals surface area contributed by atoms with Crippen LogP contribution in [0.4, 0.5) is 0 Å². The van der Waals surface area contributed by atoms with E-state index in [0.29, 0.717) is 17.9 Å². The standard InChI is InChI=1S/C16H22BrNO3/c1-18(13-5-3-4-6-14(13)19)10-15(20)11-7-8-16(21-2)12(17)9-11/h7-9,13-14,19H,3-6,10H2,1-2H3. The van der Waals surface area contributed by atoms with E-state index in [-0.39, 0.29) is 17.9 Å². The Hall–Kier alpha value is -0.910. The molecule has 1 N–H and O–H groups in total. The van der Waals surface area contributed by atoms with Gasteiger partial charge in [-0.15, -0.1) is 0 Å². The Morgan fingerprint density at radius 2 is 2.14 bits per heavy atom. The number of methoxy groups -OCH3 is 1. The number of hydrogen-bond donors (Lipinski definition) is 1. The van der Waals surface area contributed by atoms with Crippen molar-refractivity contribution in [3.05, 3.63) is 28.2 Å². The van der Waals surface area contributed by atoms with Crippen LogP contribution in [0.15, 0.2) is 22.7 Å². The van der Waals surface area contributed by atoms with Crippen molar-refractivity contribution in [2.24, 2.45) is 0 Å². The Balaban J connectivity index is 2.01. The maximum atomic E-state index is 12.4. The third-order valence-electron chi connectivity index (χ3n) is 4.13. The minimum atomic E-state index is -0.320. The van der Waals surface area contributed by atoms with Crippen molar-refractivity contribution < 1.29 is 14.6 Å². The van der Waals surface area contributed by atoms with E-state index in [0.717, 1.165) is 30.2 Å². The summed E-state index contributed by atoms with van der Waals surface area (Å²) in [4.78, 5) is 14.3. The molecular weight excluding hydrogens is 334 g/mol. The van der Waals surface area contributed by atoms with Crippen molar-refractivity contribution in [1.29, 1.82) is 0 Å². The van der Waals surface area contributed by atoms with Gasteiger partial charge in [0, 0.05) is 11.6 Å². The molecule has 0 amide bonds. The lowest BCUT2D eigenvalue weighted by Crippen LogP contribution is -2.45. The van der Waals surface area contributed by atoms with Gasteiger partial charge in [0.15, 0.2) is 5.78 Å². The van der Waals surface area contributed by atoms with Crippen molar-refractivity contribution in [2.75, 3.05) is 20.7 Å². The van der Waals surface area contributed by atoms with Gasteiger partial charge in [0.05, 0.1) is 24.2 Å². The Bertz CT molecular complexity index is 506. The highest BCUT2D eigenvalue weighted by Crippen LogP contribution is 2.26. The molecule has 4 nitrogen and oxygen atoms in total. The van der Waals surface area contributed by atoms with Crippen LogP contribution in [0.25, 0.3) is 0 Å². The van der Waals surface area contributed by atoms with Crippen molar-refractivity contribution >= 4 is 21.7 Å². The molecule has 1 aliphatic carbocycles. The highest BCUT2D eigenvalue weighted by molar-refractivity contribution is 9.10. The molecule has 1 aliphatic rings. The zero-order valence-corrected chi connectivity index (χ0v) is 14.1. The Labute approximate surface area is 134 Å². The van der Waals surface area contributed by atoms with E-state index >= 15 is 0 Å². The SMILES string of the molecule is COc1ccc(C(=O)CN(C)C2CCCCC2O)cc1Br. The van der Waals surface area contributed by atoms with Gasteiger partial charge < -0.3 is 9.84 Å². The number of nitrogens with zero attached hydrogens (tertiary/aromatic N) is 1. The van der Waals surface area contributed by atoms with Crippen molar-refractivity contribution in [3.8, 4) is 5.75 Å². The average Bonchev–Trinajstić information content (AvgIpc) is 2.47. The molecule has 0 radical (unpaired) electrons. The molecular formula is C16H22BrNO3. The molecule has 21 heavy (non-hydrogen) atoms. The van der Waals surface area contributed by atoms with Gasteiger partial charge >= 0.3 is 0 Å². The highest BCUT2D eigenvalue weighted by atomic mass is 79.9. The van der Waals surface area contributed by atoms with Gasteiger partial charge in [-0.25, -0.2) is 0 Å². The summed E-state index contributed by atoms with van der Waals surface area (Å²) >= 11 is 3.40. The summed E-state index contributed by atoms with van der Waals surface area (Å²) in [5.74, 6) is 0.765. The maximum Gasteiger partial charge on any atom is 0.176 e. The van der Waals surface area contributed by atoms with Crippen LogP contribution in [0.2, 0.25) is 0 Å². The van der Waals surface area contributed by atoms with E-state index in [2.05, 4.69) is 15.9 Å². The number of likely N-dealkylation sites (N-methyl/N-ethyl adjacent to an activating group) is 1. The number of halogens is 1. The van der Waals surface area contributed by atoms with E-state index in [1.165, 1.54) is 0 Å². The summed E-state index contributed by atoms with van der Waals surface area (Å²) < 4.78 is 5.94. The second-order valence-electron chi connectivity index (χ2n) is 5.61. The van der Waals surface area contributed by atoms with Crippen LogP contribution < -0.4 is 4.74 Å². The lowest BCUT2D eigenvalue weighted by Gasteiger charge is -2.34. The van der Waals surface area contributed by atoms with E-state index in [9.17, 15) is 9.90 Å². The quantitative estimate of drug-likeness (QED) is 0.825. The Morgan fingerprint density at radius 3 is 2.76 bits per heavy atom. The van der Waals surface area contributed by atoms with Gasteiger partial charge in [-0.2, -0.15) is 0 Å². The number of Topliss-reactive ketones (excluding diaryl/α,β-unsaturated/α-hetero) is 1. The molecule has 1 aromatic carbocycles. The molecule has 0 heterocycles. The molecule has 0 aliphatic heterocycles. The third-order valence-corrected chi connectivity index (χ3v) is 4.75. The van der Waals surface area contributed by atoms with Gasteiger partial charge in [0.25, 0.3) is 0 Å². The van der Waals surface area contributed by atoms with Crippen LogP contribution in [0, 0.1) is 0 Å². The summed E-state index contributed by atoms with van der Waals surface area (Å²) in [7, 11) is 3.51. The second kappa shape index (κ2) is 7.38. The van der Waals surface area contributed by atoms with Crippen LogP contribution >= 0.6 is 15.9 Å². The van der Waals surface area contributed by atoms with E-state index in [4.69, 9.17) is 4.74 Å². The highest BCUT2D eigenvalue weighted by Gasteiger charge is 2.27. The lowest BCUT2D eigenvalue weighted by molar-refractivity contribution is 0.0322. The fourth-order valence-corrected chi connectivity index (χ4v) is 3.42. The van der Waals surface area contributed by atoms with Crippen LogP contribution in [0.3, 0.4) is 0 Å². The van der Waals surface area contributed by atoms with Gasteiger partial charge in [0.2, 0.25) is 0 Å². The average molecular weight is 356 g/mol. The van der Waals surface area contributed by atoms with E-state index < -0.39 is 0 Å². The second-order valence-corrected chi connectivity index (χ2v) is 6.46. The number of carbonyl (C=O) groups is 1. The summed E-state index contributed by atoms with van der Waals surface area (Å²) in [5, 5.41) is 10.1. The Morgan fingerprint density at radius 1 is 1.43 bits per heavy atom. The summed E-state index contributed by atoms with van der Waals surface area (Å²) in [6.07, 6.45) is 3.66. The molecule has 1 fully saturated rings. The van der Waals surface area contributed by atoms with E-state index in [1.54, 1.807) is 25.3 Å². The smallest absolute Gasteiger partial charge is 0.176 e. The first-order chi connectivity index (χ1) is 10.0. The molecule has 2 rings (SSSR count). The van der Waals surface area contributed by atoms with Crippen molar-refractivity contribution in [2.45, 2.75) is 37.8 Å². The summed E-state index contributed by atoms with van der Waals surface area (Å²) in [6, 6.07) is 5.43. The van der Waals surface area contributed by atoms with Gasteiger partial charge in [-0.1, -0.05) is 12.8 Å². The number of benzene rings is 1. The third kappa shape index (κ3) is 4.05. The molecule has 0 saturated heterocycles. The summed E-state index contributed by atoms with van der Waals surface area (Å²) in [5.41, 5.74) is 0.653. The molecule has 0 spiro atoms. The van der Waals surface area contributed by atoms with Gasteiger partial charge in [-0.3, -0.25) is 9.69 Å². The number of carbonyl (C=O) groups excluding carboxylic acids is 1. The predicted octanol–water partition coefficient (Wildman–Crippen LogP) is 2.88. The number of aliphatic hydroxyl groups excluding tert-OH is 1. The number of ether oxygens (including phenoxy) is 1. The maximum absolute atomic E-state index is 12.4. The minimum Gasteiger partial charge on any atom is -0.496 e. The van der Waals surface area contributed by atoms with Crippen molar-refractivity contribution in [1.82, 2.24) is 4.90 Å². The van der Waals surface area contributed by atoms with Crippen LogP contribution in [-0.2, 0) is 0 Å². The molecule has 2 atom stereocenters. The fourth-order valence-electron chi connectivity index (χ4n) is 2.88. The molecule has 2 unspecified atom stereocenters. The molecule has 5 heteroatoms. The molecule has 1 aromatic rings. The van der Waals surface area contributed by atoms with Crippen LogP contribution in [0.5, 0.6) is 5.75 Å². The zero-order valence-electron chi connectivity index (χ0n) is 12.5. The number of rotatable bonds is 5. The molecule has 0 bridgehead atoms. The first kappa shape index (κ1) is 16.5. The predicted molar refractivity (Wildman–Crippen MR) is 85.9 cm³/mol. The molecule has 1 saturated carbocycles. The summed E-state index contributed by atoms with van der Waals surface area (Å²) in [6.45, 7) is 0.320. The van der Waals surface area contributed by atoms with Crippen LogP contribution in [-0.4, -0.2) is 48.6 Å². The minimum absolute atomic E-state index is 0.0543. The van der Waals surface area contributed by atoms with Crippen molar-refractivity contribution in [3.63, 3.8) is 0 Å². The lowest BCUT2D eigenvalue weighted by atomic mass is 9.91. The normalized spacial score (nSPS) is 22.3. The number of ketones is 1. The first-order valence-electron chi connectivity index (χ1n) is 7.28. The monoisotopic (exact) mass is 355 g/mol. The van der Waals surface area contributed by atoms with Gasteiger partial charge in [0.1, 0.15) is 5.75 Å². The fraction of sp³-hybridized carbons (Fsp3) is 0.562. The zero-order chi connectivity index (χ0) is 15.4. The van der Waals surface area contributed by atoms with E-state index in [1.807, 2.05) is 11.9 Å². The van der Waals surface area contributed by atoms with Gasteiger partial charge in [-0.05, 0) is 54.0 Å².